The molecule has 0 radical (unpaired) electrons. The van der Waals surface area contributed by atoms with Crippen LogP contribution in [0.15, 0.2) is 24.3 Å². The molecule has 2 amide bonds. The third-order valence-corrected chi connectivity index (χ3v) is 7.24. The zero-order valence-corrected chi connectivity index (χ0v) is 17.4. The molecule has 0 unspecified atom stereocenters. The fourth-order valence-corrected chi connectivity index (χ4v) is 5.71. The molecule has 1 fully saturated rings. The van der Waals surface area contributed by atoms with E-state index < -0.39 is 0 Å². The second-order valence-corrected chi connectivity index (χ2v) is 9.83. The zero-order chi connectivity index (χ0) is 19.7. The Kier molecular flexibility index (Phi) is 5.49. The number of anilines is 1. The molecule has 5 nitrogen and oxygen atoms in total. The van der Waals surface area contributed by atoms with E-state index >= 15 is 0 Å². The van der Waals surface area contributed by atoms with Gasteiger partial charge in [0.2, 0.25) is 0 Å². The standard InChI is InChI=1S/C21H22FN3O2Se/c1-13-16(20(26)23-6-9-25-7-2-3-8-25)11-15(28-13)12-18-17-10-14(22)4-5-19(17)24-21(18)27/h4-5,10-12H,2-3,6-9H2,1H3,(H,23,26)(H,24,27). The van der Waals surface area contributed by atoms with Crippen molar-refractivity contribution in [1.82, 2.24) is 10.2 Å². The Hall–Kier alpha value is -2.21. The van der Waals surface area contributed by atoms with Crippen molar-refractivity contribution >= 4 is 43.7 Å². The number of aryl methyl sites for hydroxylation is 1. The monoisotopic (exact) mass is 447 g/mol. The molecule has 7 heteroatoms. The summed E-state index contributed by atoms with van der Waals surface area (Å²) in [4.78, 5) is 27.2. The quantitative estimate of drug-likeness (QED) is 0.548. The predicted octanol–water partition coefficient (Wildman–Crippen LogP) is 2.51. The molecule has 0 saturated carbocycles. The number of benzene rings is 1. The molecule has 0 atom stereocenters. The van der Waals surface area contributed by atoms with Crippen LogP contribution in [-0.2, 0) is 4.79 Å². The van der Waals surface area contributed by atoms with Gasteiger partial charge in [0.25, 0.3) is 0 Å². The summed E-state index contributed by atoms with van der Waals surface area (Å²) in [6.07, 6.45) is 4.26. The molecule has 1 aromatic carbocycles. The molecule has 1 saturated heterocycles. The van der Waals surface area contributed by atoms with Gasteiger partial charge in [0.15, 0.2) is 0 Å². The fraction of sp³-hybridized carbons (Fsp3) is 0.333. The second-order valence-electron chi connectivity index (χ2n) is 7.13. The third kappa shape index (κ3) is 3.97. The van der Waals surface area contributed by atoms with Crippen LogP contribution in [0.4, 0.5) is 10.1 Å². The molecule has 1 aromatic heterocycles. The maximum absolute atomic E-state index is 13.6. The molecule has 0 bridgehead atoms. The van der Waals surface area contributed by atoms with E-state index in [4.69, 9.17) is 0 Å². The van der Waals surface area contributed by atoms with Crippen molar-refractivity contribution in [2.24, 2.45) is 0 Å². The maximum atomic E-state index is 13.6. The SMILES string of the molecule is Cc1[se]c(C=C2C(=O)Nc3ccc(F)cc32)cc1C(=O)NCCN1CCCC1. The van der Waals surface area contributed by atoms with Crippen molar-refractivity contribution < 1.29 is 14.0 Å². The molecule has 2 aliphatic rings. The minimum atomic E-state index is -0.376. The van der Waals surface area contributed by atoms with Crippen molar-refractivity contribution in [3.8, 4) is 0 Å². The first-order valence-electron chi connectivity index (χ1n) is 9.45. The summed E-state index contributed by atoms with van der Waals surface area (Å²) in [5.41, 5.74) is 2.33. The average molecular weight is 446 g/mol. The first-order chi connectivity index (χ1) is 13.5. The summed E-state index contributed by atoms with van der Waals surface area (Å²) in [6.45, 7) is 5.71. The second kappa shape index (κ2) is 8.03. The van der Waals surface area contributed by atoms with Gasteiger partial charge in [-0.3, -0.25) is 0 Å². The Morgan fingerprint density at radius 1 is 1.32 bits per heavy atom. The molecule has 3 heterocycles. The number of hydrogen-bond acceptors (Lipinski definition) is 3. The van der Waals surface area contributed by atoms with Crippen LogP contribution in [0.1, 0.15) is 37.6 Å². The normalized spacial score (nSPS) is 17.8. The average Bonchev–Trinajstić information content (AvgIpc) is 3.36. The van der Waals surface area contributed by atoms with E-state index in [2.05, 4.69) is 15.5 Å². The van der Waals surface area contributed by atoms with E-state index in [1.165, 1.54) is 25.0 Å². The van der Waals surface area contributed by atoms with Crippen LogP contribution in [0, 0.1) is 12.7 Å². The fourth-order valence-electron chi connectivity index (χ4n) is 3.68. The third-order valence-electron chi connectivity index (χ3n) is 5.14. The Morgan fingerprint density at radius 2 is 2.11 bits per heavy atom. The Labute approximate surface area is 169 Å². The number of halogens is 1. The van der Waals surface area contributed by atoms with E-state index in [-0.39, 0.29) is 32.1 Å². The first-order valence-corrected chi connectivity index (χ1v) is 11.2. The summed E-state index contributed by atoms with van der Waals surface area (Å²) >= 11 is -0.0228. The van der Waals surface area contributed by atoms with Crippen LogP contribution in [0.25, 0.3) is 11.6 Å². The van der Waals surface area contributed by atoms with Crippen molar-refractivity contribution in [1.29, 1.82) is 0 Å². The minimum absolute atomic E-state index is 0.0228. The van der Waals surface area contributed by atoms with Crippen LogP contribution in [0.2, 0.25) is 0 Å². The first kappa shape index (κ1) is 19.1. The molecule has 2 N–H and O–H groups in total. The van der Waals surface area contributed by atoms with E-state index in [0.717, 1.165) is 28.5 Å². The van der Waals surface area contributed by atoms with E-state index in [1.54, 1.807) is 12.1 Å². The van der Waals surface area contributed by atoms with Gasteiger partial charge in [-0.05, 0) is 0 Å². The summed E-state index contributed by atoms with van der Waals surface area (Å²) in [5, 5.41) is 5.76. The van der Waals surface area contributed by atoms with Gasteiger partial charge >= 0.3 is 169 Å². The Balaban J connectivity index is 1.48. The van der Waals surface area contributed by atoms with Gasteiger partial charge in [-0.25, -0.2) is 0 Å². The molecular formula is C21H22FN3O2Se. The van der Waals surface area contributed by atoms with E-state index in [0.29, 0.717) is 28.9 Å². The predicted molar refractivity (Wildman–Crippen MR) is 109 cm³/mol. The topological polar surface area (TPSA) is 61.4 Å². The van der Waals surface area contributed by atoms with Gasteiger partial charge < -0.3 is 0 Å². The van der Waals surface area contributed by atoms with Crippen LogP contribution < -0.4 is 10.6 Å². The van der Waals surface area contributed by atoms with Crippen molar-refractivity contribution in [3.63, 3.8) is 0 Å². The van der Waals surface area contributed by atoms with Crippen LogP contribution >= 0.6 is 0 Å². The zero-order valence-electron chi connectivity index (χ0n) is 15.7. The van der Waals surface area contributed by atoms with Gasteiger partial charge in [-0.1, -0.05) is 0 Å². The summed E-state index contributed by atoms with van der Waals surface area (Å²) in [6, 6.07) is 6.13. The Morgan fingerprint density at radius 3 is 2.89 bits per heavy atom. The van der Waals surface area contributed by atoms with Crippen LogP contribution in [0.5, 0.6) is 0 Å². The number of hydrogen-bond donors (Lipinski definition) is 2. The molecule has 2 aliphatic heterocycles. The summed E-state index contributed by atoms with van der Waals surface area (Å²) < 4.78 is 15.6. The van der Waals surface area contributed by atoms with Gasteiger partial charge in [-0.2, -0.15) is 0 Å². The number of amides is 2. The molecule has 0 spiro atoms. The number of carbonyl (C=O) groups is 2. The van der Waals surface area contributed by atoms with Gasteiger partial charge in [0.1, 0.15) is 0 Å². The number of nitrogens with one attached hydrogen (secondary N) is 2. The molecule has 0 aliphatic carbocycles. The molecule has 28 heavy (non-hydrogen) atoms. The number of fused-ring (bicyclic) bond motifs is 1. The number of nitrogens with zero attached hydrogens (tertiary/aromatic N) is 1. The van der Waals surface area contributed by atoms with E-state index in [1.807, 2.05) is 13.0 Å². The van der Waals surface area contributed by atoms with Crippen LogP contribution in [-0.4, -0.2) is 57.4 Å². The number of carbonyl (C=O) groups excluding carboxylic acids is 2. The van der Waals surface area contributed by atoms with Gasteiger partial charge in [-0.15, -0.1) is 0 Å². The van der Waals surface area contributed by atoms with Gasteiger partial charge in [0, 0.05) is 0 Å². The van der Waals surface area contributed by atoms with Gasteiger partial charge in [0.05, 0.1) is 0 Å². The Bertz CT molecular complexity index is 961. The summed E-state index contributed by atoms with van der Waals surface area (Å²) in [5.74, 6) is -0.674. The molecule has 146 valence electrons. The van der Waals surface area contributed by atoms with E-state index in [9.17, 15) is 14.0 Å². The molecular weight excluding hydrogens is 424 g/mol. The molecule has 2 aromatic rings. The molecule has 4 rings (SSSR count). The number of likely N-dealkylation sites (tertiary alicyclic amines) is 1. The number of rotatable bonds is 5. The van der Waals surface area contributed by atoms with Crippen molar-refractivity contribution in [3.05, 3.63) is 50.1 Å². The van der Waals surface area contributed by atoms with Crippen LogP contribution in [0.3, 0.4) is 0 Å². The van der Waals surface area contributed by atoms with Crippen molar-refractivity contribution in [2.75, 3.05) is 31.5 Å². The summed E-state index contributed by atoms with van der Waals surface area (Å²) in [7, 11) is 0. The van der Waals surface area contributed by atoms with Crippen molar-refractivity contribution in [2.45, 2.75) is 19.8 Å².